The van der Waals surface area contributed by atoms with Crippen molar-refractivity contribution in [1.29, 1.82) is 0 Å². The Morgan fingerprint density at radius 3 is 1.62 bits per heavy atom. The first-order valence-electron chi connectivity index (χ1n) is 7.88. The van der Waals surface area contributed by atoms with E-state index in [2.05, 4.69) is 38.1 Å². The summed E-state index contributed by atoms with van der Waals surface area (Å²) in [6.07, 6.45) is 3.33. The Balaban J connectivity index is 2.13. The molecule has 0 saturated heterocycles. The van der Waals surface area contributed by atoms with Crippen LogP contribution in [0.5, 0.6) is 0 Å². The summed E-state index contributed by atoms with van der Waals surface area (Å²) in [5.74, 6) is 0.614. The van der Waals surface area contributed by atoms with Crippen LogP contribution in [0.1, 0.15) is 37.8 Å². The third kappa shape index (κ3) is 5.35. The van der Waals surface area contributed by atoms with Crippen molar-refractivity contribution in [3.05, 3.63) is 71.8 Å². The summed E-state index contributed by atoms with van der Waals surface area (Å²) in [5, 5.41) is 11.2. The highest BCUT2D eigenvalue weighted by molar-refractivity contribution is 5.21. The van der Waals surface area contributed by atoms with Crippen LogP contribution in [0.2, 0.25) is 0 Å². The first-order valence-corrected chi connectivity index (χ1v) is 7.88. The summed E-state index contributed by atoms with van der Waals surface area (Å²) < 4.78 is 0. The molecule has 0 bridgehead atoms. The molecular formula is C20H26O. The Bertz CT molecular complexity index is 475. The molecule has 112 valence electrons. The van der Waals surface area contributed by atoms with Gasteiger partial charge in [0.1, 0.15) is 0 Å². The van der Waals surface area contributed by atoms with E-state index in [4.69, 9.17) is 0 Å². The van der Waals surface area contributed by atoms with E-state index < -0.39 is 5.60 Å². The third-order valence-electron chi connectivity index (χ3n) is 3.94. The Kier molecular flexibility index (Phi) is 5.58. The van der Waals surface area contributed by atoms with E-state index in [1.165, 1.54) is 11.1 Å². The number of hydrogen-bond acceptors (Lipinski definition) is 1. The summed E-state index contributed by atoms with van der Waals surface area (Å²) in [7, 11) is 0. The van der Waals surface area contributed by atoms with Gasteiger partial charge in [0.2, 0.25) is 0 Å². The van der Waals surface area contributed by atoms with Crippen molar-refractivity contribution in [2.45, 2.75) is 45.1 Å². The van der Waals surface area contributed by atoms with Crippen molar-refractivity contribution in [2.24, 2.45) is 5.92 Å². The molecule has 1 heteroatoms. The van der Waals surface area contributed by atoms with Gasteiger partial charge in [-0.3, -0.25) is 0 Å². The first kappa shape index (κ1) is 15.8. The summed E-state index contributed by atoms with van der Waals surface area (Å²) in [4.78, 5) is 0. The molecule has 0 aliphatic carbocycles. The first-order chi connectivity index (χ1) is 10.1. The minimum Gasteiger partial charge on any atom is -0.389 e. The van der Waals surface area contributed by atoms with E-state index in [1.54, 1.807) is 0 Å². The van der Waals surface area contributed by atoms with Crippen molar-refractivity contribution in [1.82, 2.24) is 0 Å². The van der Waals surface area contributed by atoms with Gasteiger partial charge in [-0.15, -0.1) is 0 Å². The standard InChI is InChI=1S/C20H26O/c1-17(2)13-14-20(21,15-18-9-5-3-6-10-18)16-19-11-7-4-8-12-19/h3-12,17,21H,13-16H2,1-2H3. The minimum atomic E-state index is -0.660. The van der Waals surface area contributed by atoms with Gasteiger partial charge in [-0.1, -0.05) is 74.5 Å². The molecule has 0 radical (unpaired) electrons. The summed E-state index contributed by atoms with van der Waals surface area (Å²) >= 11 is 0. The Labute approximate surface area is 128 Å². The molecule has 2 rings (SSSR count). The van der Waals surface area contributed by atoms with Gasteiger partial charge in [-0.2, -0.15) is 0 Å². The number of rotatable bonds is 7. The van der Waals surface area contributed by atoms with Crippen molar-refractivity contribution in [3.8, 4) is 0 Å². The van der Waals surface area contributed by atoms with Crippen LogP contribution in [0.3, 0.4) is 0 Å². The highest BCUT2D eigenvalue weighted by Crippen LogP contribution is 2.26. The topological polar surface area (TPSA) is 20.2 Å². The Morgan fingerprint density at radius 2 is 1.24 bits per heavy atom. The van der Waals surface area contributed by atoms with Gasteiger partial charge in [0, 0.05) is 12.8 Å². The quantitative estimate of drug-likeness (QED) is 0.784. The maximum atomic E-state index is 11.2. The van der Waals surface area contributed by atoms with E-state index in [-0.39, 0.29) is 0 Å². The van der Waals surface area contributed by atoms with Gasteiger partial charge in [-0.05, 0) is 29.9 Å². The van der Waals surface area contributed by atoms with Gasteiger partial charge >= 0.3 is 0 Å². The van der Waals surface area contributed by atoms with Crippen LogP contribution in [0.15, 0.2) is 60.7 Å². The molecular weight excluding hydrogens is 256 g/mol. The van der Waals surface area contributed by atoms with Gasteiger partial charge in [0.05, 0.1) is 5.60 Å². The molecule has 0 saturated carbocycles. The minimum absolute atomic E-state index is 0.614. The van der Waals surface area contributed by atoms with Gasteiger partial charge < -0.3 is 5.11 Å². The molecule has 0 aliphatic rings. The van der Waals surface area contributed by atoms with Gasteiger partial charge in [-0.25, -0.2) is 0 Å². The summed E-state index contributed by atoms with van der Waals surface area (Å²) in [6, 6.07) is 20.6. The predicted molar refractivity (Wildman–Crippen MR) is 89.3 cm³/mol. The smallest absolute Gasteiger partial charge is 0.0728 e. The van der Waals surface area contributed by atoms with Crippen molar-refractivity contribution >= 4 is 0 Å². The van der Waals surface area contributed by atoms with Crippen molar-refractivity contribution < 1.29 is 5.11 Å². The summed E-state index contributed by atoms with van der Waals surface area (Å²) in [5.41, 5.74) is 1.76. The highest BCUT2D eigenvalue weighted by atomic mass is 16.3. The zero-order valence-electron chi connectivity index (χ0n) is 13.1. The van der Waals surface area contributed by atoms with Crippen LogP contribution in [0, 0.1) is 5.92 Å². The van der Waals surface area contributed by atoms with Crippen LogP contribution in [0.25, 0.3) is 0 Å². The molecule has 2 aromatic carbocycles. The van der Waals surface area contributed by atoms with Crippen LogP contribution in [0.4, 0.5) is 0 Å². The molecule has 0 fully saturated rings. The summed E-state index contributed by atoms with van der Waals surface area (Å²) in [6.45, 7) is 4.43. The van der Waals surface area contributed by atoms with Crippen molar-refractivity contribution in [2.75, 3.05) is 0 Å². The number of hydrogen-bond donors (Lipinski definition) is 1. The van der Waals surface area contributed by atoms with Crippen LogP contribution in [-0.2, 0) is 12.8 Å². The lowest BCUT2D eigenvalue weighted by atomic mass is 9.83. The number of benzene rings is 2. The van der Waals surface area contributed by atoms with Gasteiger partial charge in [0.25, 0.3) is 0 Å². The lowest BCUT2D eigenvalue weighted by Crippen LogP contribution is -2.34. The lowest BCUT2D eigenvalue weighted by Gasteiger charge is -2.29. The Hall–Kier alpha value is -1.60. The monoisotopic (exact) mass is 282 g/mol. The van der Waals surface area contributed by atoms with Crippen LogP contribution >= 0.6 is 0 Å². The maximum absolute atomic E-state index is 11.2. The predicted octanol–water partition coefficient (Wildman–Crippen LogP) is 4.64. The molecule has 0 aromatic heterocycles. The zero-order valence-corrected chi connectivity index (χ0v) is 13.1. The third-order valence-corrected chi connectivity index (χ3v) is 3.94. The average molecular weight is 282 g/mol. The molecule has 21 heavy (non-hydrogen) atoms. The lowest BCUT2D eigenvalue weighted by molar-refractivity contribution is 0.0268. The molecule has 1 nitrogen and oxygen atoms in total. The molecule has 0 spiro atoms. The Morgan fingerprint density at radius 1 is 0.810 bits per heavy atom. The fraction of sp³-hybridized carbons (Fsp3) is 0.400. The van der Waals surface area contributed by atoms with Crippen molar-refractivity contribution in [3.63, 3.8) is 0 Å². The van der Waals surface area contributed by atoms with E-state index in [0.717, 1.165) is 25.7 Å². The van der Waals surface area contributed by atoms with E-state index in [9.17, 15) is 5.11 Å². The van der Waals surface area contributed by atoms with E-state index in [1.807, 2.05) is 36.4 Å². The highest BCUT2D eigenvalue weighted by Gasteiger charge is 2.27. The second kappa shape index (κ2) is 7.42. The largest absolute Gasteiger partial charge is 0.389 e. The second-order valence-corrected chi connectivity index (χ2v) is 6.48. The molecule has 0 unspecified atom stereocenters. The fourth-order valence-electron chi connectivity index (χ4n) is 2.75. The maximum Gasteiger partial charge on any atom is 0.0728 e. The van der Waals surface area contributed by atoms with E-state index in [0.29, 0.717) is 5.92 Å². The molecule has 0 aliphatic heterocycles. The fourth-order valence-corrected chi connectivity index (χ4v) is 2.75. The molecule has 0 atom stereocenters. The molecule has 2 aromatic rings. The number of aliphatic hydroxyl groups is 1. The van der Waals surface area contributed by atoms with Gasteiger partial charge in [0.15, 0.2) is 0 Å². The van der Waals surface area contributed by atoms with E-state index >= 15 is 0 Å². The molecule has 1 N–H and O–H groups in total. The van der Waals surface area contributed by atoms with Crippen LogP contribution in [-0.4, -0.2) is 10.7 Å². The SMILES string of the molecule is CC(C)CCC(O)(Cc1ccccc1)Cc1ccccc1. The molecule has 0 heterocycles. The average Bonchev–Trinajstić information content (AvgIpc) is 2.47. The molecule has 0 amide bonds. The normalized spacial score (nSPS) is 11.8. The van der Waals surface area contributed by atoms with Crippen LogP contribution < -0.4 is 0 Å². The zero-order chi connectivity index (χ0) is 15.1. The second-order valence-electron chi connectivity index (χ2n) is 6.48.